The van der Waals surface area contributed by atoms with E-state index in [4.69, 9.17) is 4.98 Å². The first kappa shape index (κ1) is 26.6. The van der Waals surface area contributed by atoms with Crippen LogP contribution in [-0.4, -0.2) is 65.2 Å². The van der Waals surface area contributed by atoms with E-state index in [0.29, 0.717) is 44.0 Å². The minimum atomic E-state index is -0.770. The topological polar surface area (TPSA) is 120 Å². The van der Waals surface area contributed by atoms with E-state index in [1.54, 1.807) is 11.8 Å². The van der Waals surface area contributed by atoms with Gasteiger partial charge in [0.15, 0.2) is 0 Å². The third-order valence-electron chi connectivity index (χ3n) is 7.00. The predicted octanol–water partition coefficient (Wildman–Crippen LogP) is 2.50. The second-order valence-electron chi connectivity index (χ2n) is 10.4. The number of aromatic nitrogens is 1. The van der Waals surface area contributed by atoms with Gasteiger partial charge in [0.25, 0.3) is 5.91 Å². The van der Waals surface area contributed by atoms with E-state index >= 15 is 0 Å². The number of hydrogen-bond donors (Lipinski definition) is 3. The molecule has 0 spiro atoms. The number of benzene rings is 1. The van der Waals surface area contributed by atoms with Gasteiger partial charge in [0, 0.05) is 43.1 Å². The van der Waals surface area contributed by atoms with Crippen molar-refractivity contribution in [3.8, 4) is 0 Å². The van der Waals surface area contributed by atoms with Crippen molar-refractivity contribution in [3.05, 3.63) is 41.6 Å². The van der Waals surface area contributed by atoms with E-state index < -0.39 is 18.0 Å². The minimum absolute atomic E-state index is 0.0955. The van der Waals surface area contributed by atoms with E-state index in [1.807, 2.05) is 44.2 Å². The number of hydrogen-bond acceptors (Lipinski definition) is 5. The van der Waals surface area contributed by atoms with Crippen molar-refractivity contribution in [1.82, 2.24) is 25.8 Å². The third-order valence-corrected chi connectivity index (χ3v) is 7.00. The standard InChI is InChI=1S/C28H37N5O4/c1-17(2)25-27(36)29-13-7-15-33(14-6-10-24(34)30-18(3)26(35)32-25)28(37)21-16-23(19-11-12-19)31-22-9-5-4-8-20(21)22/h4-5,8-9,16-19,25H,6-7,10-15H2,1-3H3,(H,29,36)(H,30,34)(H,32,35)/t18-,25-/m1/s1. The lowest BCUT2D eigenvalue weighted by molar-refractivity contribution is -0.132. The Morgan fingerprint density at radius 2 is 1.76 bits per heavy atom. The van der Waals surface area contributed by atoms with Gasteiger partial charge in [0.1, 0.15) is 12.1 Å². The molecule has 1 aliphatic heterocycles. The number of nitrogens with zero attached hydrogens (tertiary/aromatic N) is 2. The van der Waals surface area contributed by atoms with Gasteiger partial charge < -0.3 is 20.9 Å². The number of pyridine rings is 1. The molecule has 2 aromatic rings. The van der Waals surface area contributed by atoms with E-state index in [-0.39, 0.29) is 30.1 Å². The lowest BCUT2D eigenvalue weighted by Gasteiger charge is -2.24. The van der Waals surface area contributed by atoms with Crippen LogP contribution in [-0.2, 0) is 14.4 Å². The second-order valence-corrected chi connectivity index (χ2v) is 10.4. The van der Waals surface area contributed by atoms with Crippen LogP contribution in [0.4, 0.5) is 0 Å². The van der Waals surface area contributed by atoms with Crippen molar-refractivity contribution in [2.45, 2.75) is 70.9 Å². The summed E-state index contributed by atoms with van der Waals surface area (Å²) in [4.78, 5) is 58.3. The van der Waals surface area contributed by atoms with Crippen LogP contribution >= 0.6 is 0 Å². The molecule has 1 aromatic carbocycles. The molecule has 4 amide bonds. The van der Waals surface area contributed by atoms with Gasteiger partial charge in [-0.1, -0.05) is 32.0 Å². The Morgan fingerprint density at radius 3 is 2.49 bits per heavy atom. The van der Waals surface area contributed by atoms with Crippen molar-refractivity contribution in [3.63, 3.8) is 0 Å². The summed E-state index contributed by atoms with van der Waals surface area (Å²) in [5, 5.41) is 9.18. The molecule has 2 atom stereocenters. The van der Waals surface area contributed by atoms with Crippen LogP contribution in [0, 0.1) is 5.92 Å². The van der Waals surface area contributed by atoms with Crippen LogP contribution in [0.3, 0.4) is 0 Å². The maximum Gasteiger partial charge on any atom is 0.254 e. The average molecular weight is 508 g/mol. The molecule has 2 heterocycles. The summed E-state index contributed by atoms with van der Waals surface area (Å²) >= 11 is 0. The molecule has 0 radical (unpaired) electrons. The summed E-state index contributed by atoms with van der Waals surface area (Å²) in [6, 6.07) is 8.14. The number of para-hydroxylation sites is 1. The summed E-state index contributed by atoms with van der Waals surface area (Å²) in [5.74, 6) is -0.747. The molecule has 9 nitrogen and oxygen atoms in total. The summed E-state index contributed by atoms with van der Waals surface area (Å²) in [6.07, 6.45) is 3.38. The van der Waals surface area contributed by atoms with Gasteiger partial charge in [-0.3, -0.25) is 24.2 Å². The van der Waals surface area contributed by atoms with Crippen LogP contribution in [0.5, 0.6) is 0 Å². The molecule has 1 saturated heterocycles. The summed E-state index contributed by atoms with van der Waals surface area (Å²) < 4.78 is 0. The molecule has 1 aliphatic carbocycles. The SMILES string of the molecule is CC(C)[C@H]1NC(=O)[C@@H](C)NC(=O)CCCN(C(=O)c2cc(C3CC3)nc3ccccc23)CCCNC1=O. The Bertz CT molecular complexity index is 1180. The maximum atomic E-state index is 13.8. The molecule has 2 fully saturated rings. The lowest BCUT2D eigenvalue weighted by Crippen LogP contribution is -2.54. The van der Waals surface area contributed by atoms with Gasteiger partial charge in [-0.05, 0) is 50.7 Å². The van der Waals surface area contributed by atoms with E-state index in [2.05, 4.69) is 16.0 Å². The van der Waals surface area contributed by atoms with Crippen LogP contribution < -0.4 is 16.0 Å². The molecule has 198 valence electrons. The molecule has 2 aliphatic rings. The Balaban J connectivity index is 1.56. The number of carbonyl (C=O) groups is 4. The van der Waals surface area contributed by atoms with Crippen molar-refractivity contribution in [2.24, 2.45) is 5.92 Å². The zero-order chi connectivity index (χ0) is 26.5. The first-order chi connectivity index (χ1) is 17.7. The van der Waals surface area contributed by atoms with Gasteiger partial charge in [0.2, 0.25) is 17.7 Å². The van der Waals surface area contributed by atoms with E-state index in [9.17, 15) is 19.2 Å². The van der Waals surface area contributed by atoms with Gasteiger partial charge in [-0.15, -0.1) is 0 Å². The Kier molecular flexibility index (Phi) is 8.41. The summed E-state index contributed by atoms with van der Waals surface area (Å²) in [6.45, 7) is 6.52. The molecule has 1 saturated carbocycles. The van der Waals surface area contributed by atoms with Crippen molar-refractivity contribution < 1.29 is 19.2 Å². The Hall–Kier alpha value is -3.49. The second kappa shape index (κ2) is 11.7. The predicted molar refractivity (Wildman–Crippen MR) is 141 cm³/mol. The van der Waals surface area contributed by atoms with Crippen molar-refractivity contribution in [2.75, 3.05) is 19.6 Å². The molecule has 37 heavy (non-hydrogen) atoms. The quantitative estimate of drug-likeness (QED) is 0.590. The van der Waals surface area contributed by atoms with Crippen LogP contribution in [0.2, 0.25) is 0 Å². The highest BCUT2D eigenvalue weighted by Crippen LogP contribution is 2.40. The molecule has 0 bridgehead atoms. The van der Waals surface area contributed by atoms with Gasteiger partial charge in [0.05, 0.1) is 11.1 Å². The molecular formula is C28H37N5O4. The summed E-state index contributed by atoms with van der Waals surface area (Å²) in [5.41, 5.74) is 2.39. The monoisotopic (exact) mass is 507 g/mol. The number of rotatable bonds is 3. The number of carbonyl (C=O) groups excluding carboxylic acids is 4. The molecule has 9 heteroatoms. The molecule has 4 rings (SSSR count). The van der Waals surface area contributed by atoms with Crippen LogP contribution in [0.1, 0.15) is 74.8 Å². The zero-order valence-corrected chi connectivity index (χ0v) is 21.9. The lowest BCUT2D eigenvalue weighted by atomic mass is 10.0. The Labute approximate surface area is 217 Å². The normalized spacial score (nSPS) is 22.6. The highest BCUT2D eigenvalue weighted by molar-refractivity contribution is 6.06. The van der Waals surface area contributed by atoms with E-state index in [0.717, 1.165) is 29.4 Å². The van der Waals surface area contributed by atoms with Crippen LogP contribution in [0.15, 0.2) is 30.3 Å². The van der Waals surface area contributed by atoms with Crippen LogP contribution in [0.25, 0.3) is 10.9 Å². The highest BCUT2D eigenvalue weighted by Gasteiger charge is 2.29. The average Bonchev–Trinajstić information content (AvgIpc) is 3.72. The largest absolute Gasteiger partial charge is 0.354 e. The fourth-order valence-electron chi connectivity index (χ4n) is 4.66. The third kappa shape index (κ3) is 6.64. The first-order valence-corrected chi connectivity index (χ1v) is 13.3. The highest BCUT2D eigenvalue weighted by atomic mass is 16.2. The molecule has 1 aromatic heterocycles. The van der Waals surface area contributed by atoms with Crippen molar-refractivity contribution >= 4 is 34.5 Å². The summed E-state index contributed by atoms with van der Waals surface area (Å²) in [7, 11) is 0. The molecule has 3 N–H and O–H groups in total. The fourth-order valence-corrected chi connectivity index (χ4v) is 4.66. The van der Waals surface area contributed by atoms with Gasteiger partial charge in [-0.2, -0.15) is 0 Å². The number of amides is 4. The zero-order valence-electron chi connectivity index (χ0n) is 21.9. The molecular weight excluding hydrogens is 470 g/mol. The molecule has 0 unspecified atom stereocenters. The Morgan fingerprint density at radius 1 is 1.03 bits per heavy atom. The number of nitrogens with one attached hydrogen (secondary N) is 3. The van der Waals surface area contributed by atoms with E-state index in [1.165, 1.54) is 0 Å². The van der Waals surface area contributed by atoms with Gasteiger partial charge in [-0.25, -0.2) is 0 Å². The smallest absolute Gasteiger partial charge is 0.254 e. The van der Waals surface area contributed by atoms with Gasteiger partial charge >= 0.3 is 0 Å². The maximum absolute atomic E-state index is 13.8. The van der Waals surface area contributed by atoms with Crippen molar-refractivity contribution in [1.29, 1.82) is 0 Å². The minimum Gasteiger partial charge on any atom is -0.354 e. The number of fused-ring (bicyclic) bond motifs is 1. The first-order valence-electron chi connectivity index (χ1n) is 13.3. The fraction of sp³-hybridized carbons (Fsp3) is 0.536.